The number of allylic oxidation sites excluding steroid dienone is 2. The van der Waals surface area contributed by atoms with Gasteiger partial charge in [0.05, 0.1) is 6.20 Å². The number of sulfone groups is 1. The molecular formula is C20H31N3O5S. The van der Waals surface area contributed by atoms with Crippen molar-refractivity contribution in [2.45, 2.75) is 75.9 Å². The third kappa shape index (κ3) is 5.46. The molecule has 1 amide bonds. The Labute approximate surface area is 172 Å². The van der Waals surface area contributed by atoms with E-state index in [9.17, 15) is 13.2 Å². The highest BCUT2D eigenvalue weighted by atomic mass is 32.2. The second kappa shape index (κ2) is 9.40. The molecule has 1 fully saturated rings. The molecule has 2 heterocycles. The van der Waals surface area contributed by atoms with Gasteiger partial charge in [-0.3, -0.25) is 9.48 Å². The van der Waals surface area contributed by atoms with E-state index in [1.165, 1.54) is 25.3 Å². The predicted octanol–water partition coefficient (Wildman–Crippen LogP) is 2.61. The van der Waals surface area contributed by atoms with Gasteiger partial charge in [0.1, 0.15) is 0 Å². The molecule has 1 aromatic rings. The molecule has 9 heteroatoms. The lowest BCUT2D eigenvalue weighted by atomic mass is 9.96. The minimum absolute atomic E-state index is 0.0900. The highest BCUT2D eigenvalue weighted by molar-refractivity contribution is 7.92. The molecule has 0 radical (unpaired) electrons. The molecule has 3 rings (SSSR count). The van der Waals surface area contributed by atoms with Gasteiger partial charge in [-0.05, 0) is 57.4 Å². The summed E-state index contributed by atoms with van der Waals surface area (Å²) in [5.74, 6) is -0.684. The van der Waals surface area contributed by atoms with Crippen molar-refractivity contribution in [1.29, 1.82) is 0 Å². The first-order valence-electron chi connectivity index (χ1n) is 10.3. The molecule has 1 aliphatic heterocycles. The molecule has 1 aromatic heterocycles. The fourth-order valence-electron chi connectivity index (χ4n) is 3.58. The summed E-state index contributed by atoms with van der Waals surface area (Å²) in [6.07, 6.45) is 13.7. The van der Waals surface area contributed by atoms with Crippen molar-refractivity contribution >= 4 is 21.3 Å². The third-order valence-electron chi connectivity index (χ3n) is 5.83. The zero-order valence-electron chi connectivity index (χ0n) is 17.2. The molecule has 2 aliphatic rings. The molecule has 0 bridgehead atoms. The van der Waals surface area contributed by atoms with Gasteiger partial charge in [0, 0.05) is 37.6 Å². The van der Waals surface area contributed by atoms with Crippen LogP contribution in [0.1, 0.15) is 63.9 Å². The third-order valence-corrected chi connectivity index (χ3v) is 7.86. The second-order valence-corrected chi connectivity index (χ2v) is 10.5. The van der Waals surface area contributed by atoms with E-state index in [0.29, 0.717) is 19.6 Å². The van der Waals surface area contributed by atoms with Crippen LogP contribution in [0.15, 0.2) is 18.5 Å². The van der Waals surface area contributed by atoms with Gasteiger partial charge < -0.3 is 4.74 Å². The highest BCUT2D eigenvalue weighted by Gasteiger charge is 2.44. The Morgan fingerprint density at radius 2 is 2.21 bits per heavy atom. The largest absolute Gasteiger partial charge is 0.350 e. The molecular weight excluding hydrogens is 394 g/mol. The van der Waals surface area contributed by atoms with Crippen LogP contribution >= 0.6 is 0 Å². The summed E-state index contributed by atoms with van der Waals surface area (Å²) in [4.78, 5) is 18.0. The van der Waals surface area contributed by atoms with Crippen LogP contribution in [0.5, 0.6) is 0 Å². The van der Waals surface area contributed by atoms with Crippen molar-refractivity contribution in [3.05, 3.63) is 24.0 Å². The van der Waals surface area contributed by atoms with E-state index in [1.54, 1.807) is 10.9 Å². The van der Waals surface area contributed by atoms with Crippen molar-refractivity contribution in [3.63, 3.8) is 0 Å². The highest BCUT2D eigenvalue weighted by Crippen LogP contribution is 2.27. The van der Waals surface area contributed by atoms with E-state index in [0.717, 1.165) is 37.5 Å². The number of carbonyl (C=O) groups excluding carboxylic acids is 1. The summed E-state index contributed by atoms with van der Waals surface area (Å²) in [5, 5.41) is 4.35. The molecule has 29 heavy (non-hydrogen) atoms. The van der Waals surface area contributed by atoms with Crippen LogP contribution in [0.2, 0.25) is 0 Å². The minimum Gasteiger partial charge on any atom is -0.350 e. The summed E-state index contributed by atoms with van der Waals surface area (Å²) in [6, 6.07) is 0. The quantitative estimate of drug-likeness (QED) is 0.643. The Bertz CT molecular complexity index is 842. The number of aromatic nitrogens is 2. The van der Waals surface area contributed by atoms with Crippen LogP contribution in [0.4, 0.5) is 0 Å². The topological polar surface area (TPSA) is 99.5 Å². The fraction of sp³-hybridized carbons (Fsp3) is 0.700. The number of rotatable bonds is 8. The number of hydroxylamine groups is 1. The Kier molecular flexibility index (Phi) is 7.13. The van der Waals surface area contributed by atoms with Gasteiger partial charge >= 0.3 is 0 Å². The number of hydrogen-bond acceptors (Lipinski definition) is 6. The number of ether oxygens (including phenoxy) is 1. The maximum Gasteiger partial charge on any atom is 0.264 e. The Balaban J connectivity index is 1.63. The van der Waals surface area contributed by atoms with Crippen LogP contribution < -0.4 is 5.48 Å². The molecule has 0 saturated carbocycles. The first-order chi connectivity index (χ1) is 13.8. The van der Waals surface area contributed by atoms with E-state index >= 15 is 0 Å². The molecule has 1 saturated heterocycles. The van der Waals surface area contributed by atoms with E-state index in [1.807, 2.05) is 6.20 Å². The van der Waals surface area contributed by atoms with Crippen molar-refractivity contribution < 1.29 is 22.8 Å². The monoisotopic (exact) mass is 425 g/mol. The number of carbonyl (C=O) groups is 1. The maximum absolute atomic E-state index is 12.7. The van der Waals surface area contributed by atoms with Crippen LogP contribution in [0.3, 0.4) is 0 Å². The van der Waals surface area contributed by atoms with Gasteiger partial charge in [0.2, 0.25) is 0 Å². The molecule has 2 atom stereocenters. The van der Waals surface area contributed by atoms with E-state index in [-0.39, 0.29) is 6.42 Å². The summed E-state index contributed by atoms with van der Waals surface area (Å²) >= 11 is 0. The van der Waals surface area contributed by atoms with E-state index < -0.39 is 26.8 Å². The Morgan fingerprint density at radius 3 is 2.86 bits per heavy atom. The second-order valence-electron chi connectivity index (χ2n) is 8.07. The van der Waals surface area contributed by atoms with Crippen LogP contribution in [0, 0.1) is 0 Å². The molecule has 1 aliphatic carbocycles. The van der Waals surface area contributed by atoms with Crippen LogP contribution in [0.25, 0.3) is 5.57 Å². The van der Waals surface area contributed by atoms with Crippen LogP contribution in [-0.2, 0) is 30.8 Å². The molecule has 162 valence electrons. The average Bonchev–Trinajstić information content (AvgIpc) is 3.20. The molecule has 1 N–H and O–H groups in total. The maximum atomic E-state index is 12.7. The Morgan fingerprint density at radius 1 is 1.38 bits per heavy atom. The average molecular weight is 426 g/mol. The van der Waals surface area contributed by atoms with Gasteiger partial charge in [0.25, 0.3) is 5.91 Å². The van der Waals surface area contributed by atoms with Crippen molar-refractivity contribution in [1.82, 2.24) is 15.3 Å². The van der Waals surface area contributed by atoms with Gasteiger partial charge in [0.15, 0.2) is 20.9 Å². The smallest absolute Gasteiger partial charge is 0.264 e. The van der Waals surface area contributed by atoms with Crippen molar-refractivity contribution in [2.75, 3.05) is 12.9 Å². The van der Waals surface area contributed by atoms with Gasteiger partial charge in [-0.1, -0.05) is 6.08 Å². The van der Waals surface area contributed by atoms with E-state index in [2.05, 4.69) is 16.7 Å². The van der Waals surface area contributed by atoms with Gasteiger partial charge in [-0.15, -0.1) is 0 Å². The Hall–Kier alpha value is -1.71. The molecule has 8 nitrogen and oxygen atoms in total. The van der Waals surface area contributed by atoms with Crippen molar-refractivity contribution in [2.24, 2.45) is 0 Å². The number of nitrogens with one attached hydrogen (secondary N) is 1. The lowest BCUT2D eigenvalue weighted by molar-refractivity contribution is -0.201. The first kappa shape index (κ1) is 22.0. The molecule has 0 spiro atoms. The zero-order chi connectivity index (χ0) is 20.9. The lowest BCUT2D eigenvalue weighted by Crippen LogP contribution is -2.51. The molecule has 1 unspecified atom stereocenters. The minimum atomic E-state index is -3.69. The fourth-order valence-corrected chi connectivity index (χ4v) is 4.42. The molecule has 0 aromatic carbocycles. The summed E-state index contributed by atoms with van der Waals surface area (Å²) in [5.41, 5.74) is 4.66. The summed E-state index contributed by atoms with van der Waals surface area (Å²) in [6.45, 7) is 2.31. The number of amides is 1. The first-order valence-corrected chi connectivity index (χ1v) is 12.2. The van der Waals surface area contributed by atoms with Gasteiger partial charge in [-0.2, -0.15) is 5.10 Å². The predicted molar refractivity (Wildman–Crippen MR) is 109 cm³/mol. The van der Waals surface area contributed by atoms with Crippen molar-refractivity contribution in [3.8, 4) is 0 Å². The lowest BCUT2D eigenvalue weighted by Gasteiger charge is -2.28. The van der Waals surface area contributed by atoms with Gasteiger partial charge in [-0.25, -0.2) is 18.7 Å². The normalized spacial score (nSPS) is 22.6. The standard InChI is InChI=1S/C20H31N3O5S/c1-20(29(2,25)26,19(24)22-28-18-10-6-7-13-27-18)11-12-23-15-17(14-21-23)16-8-4-3-5-9-16/h8,14-15,18H,3-7,9-13H2,1-2H3,(H,22,24)/t18?,20-/m1/s1. The van der Waals surface area contributed by atoms with E-state index in [4.69, 9.17) is 9.57 Å². The summed E-state index contributed by atoms with van der Waals surface area (Å²) in [7, 11) is -3.69. The zero-order valence-corrected chi connectivity index (χ0v) is 18.0. The summed E-state index contributed by atoms with van der Waals surface area (Å²) < 4.78 is 30.4. The SMILES string of the molecule is C[C@@](CCn1cc(C2=CCCCC2)cn1)(C(=O)NOC1CCCCO1)S(C)(=O)=O. The number of aryl methyl sites for hydroxylation is 1. The van der Waals surface area contributed by atoms with Crippen LogP contribution in [-0.4, -0.2) is 48.0 Å². The number of nitrogens with zero attached hydrogens (tertiary/aromatic N) is 2. The number of hydrogen-bond donors (Lipinski definition) is 1.